The van der Waals surface area contributed by atoms with E-state index in [2.05, 4.69) is 14.7 Å². The second kappa shape index (κ2) is 3.13. The van der Waals surface area contributed by atoms with E-state index in [9.17, 15) is 13.6 Å². The number of hydrogen-bond donors (Lipinski definition) is 2. The highest BCUT2D eigenvalue weighted by Gasteiger charge is 2.05. The van der Waals surface area contributed by atoms with Gasteiger partial charge in [-0.2, -0.15) is 8.78 Å². The van der Waals surface area contributed by atoms with Gasteiger partial charge in [-0.15, -0.1) is 0 Å². The zero-order valence-electron chi connectivity index (χ0n) is 6.88. The second-order valence-electron chi connectivity index (χ2n) is 2.67. The molecule has 14 heavy (non-hydrogen) atoms. The van der Waals surface area contributed by atoms with Gasteiger partial charge in [0.2, 0.25) is 0 Å². The minimum Gasteiger partial charge on any atom is -0.435 e. The lowest BCUT2D eigenvalue weighted by Crippen LogP contribution is -2.01. The van der Waals surface area contributed by atoms with Crippen LogP contribution in [0.15, 0.2) is 23.0 Å². The summed E-state index contributed by atoms with van der Waals surface area (Å²) in [4.78, 5) is 15.7. The number of hydrogen-bond acceptors (Lipinski definition) is 2. The lowest BCUT2D eigenvalue weighted by Gasteiger charge is -2.02. The van der Waals surface area contributed by atoms with Crippen LogP contribution >= 0.6 is 0 Å². The lowest BCUT2D eigenvalue weighted by atomic mass is 10.3. The molecule has 2 rings (SSSR count). The molecule has 2 aromatic rings. The van der Waals surface area contributed by atoms with Gasteiger partial charge in [-0.3, -0.25) is 0 Å². The Bertz CT molecular complexity index is 503. The number of benzene rings is 1. The van der Waals surface area contributed by atoms with Crippen LogP contribution in [0.4, 0.5) is 8.78 Å². The zero-order chi connectivity index (χ0) is 10.1. The van der Waals surface area contributed by atoms with Crippen molar-refractivity contribution in [3.05, 3.63) is 28.7 Å². The zero-order valence-corrected chi connectivity index (χ0v) is 6.88. The van der Waals surface area contributed by atoms with Crippen molar-refractivity contribution in [3.8, 4) is 5.75 Å². The quantitative estimate of drug-likeness (QED) is 0.770. The Morgan fingerprint density at radius 3 is 2.64 bits per heavy atom. The molecule has 0 fully saturated rings. The Hall–Kier alpha value is -1.85. The molecule has 0 aliphatic rings. The standard InChI is InChI=1S/C8H6F2N2O2/c9-7(10)14-4-1-2-5-6(3-4)12-8(13)11-5/h1-3,7H,(H2,11,12,13). The molecular formula is C8H6F2N2O2. The molecule has 0 spiro atoms. The third kappa shape index (κ3) is 1.59. The van der Waals surface area contributed by atoms with E-state index < -0.39 is 6.61 Å². The van der Waals surface area contributed by atoms with E-state index in [1.165, 1.54) is 18.2 Å². The highest BCUT2D eigenvalue weighted by atomic mass is 19.3. The van der Waals surface area contributed by atoms with Gasteiger partial charge in [0.25, 0.3) is 0 Å². The Labute approximate surface area is 76.5 Å². The van der Waals surface area contributed by atoms with Gasteiger partial charge in [-0.05, 0) is 12.1 Å². The molecule has 1 aromatic carbocycles. The van der Waals surface area contributed by atoms with Crippen LogP contribution in [0.1, 0.15) is 0 Å². The van der Waals surface area contributed by atoms with Gasteiger partial charge in [0.1, 0.15) is 5.75 Å². The fourth-order valence-corrected chi connectivity index (χ4v) is 1.19. The second-order valence-corrected chi connectivity index (χ2v) is 2.67. The molecule has 0 bridgehead atoms. The summed E-state index contributed by atoms with van der Waals surface area (Å²) in [6, 6.07) is 4.18. The van der Waals surface area contributed by atoms with Crippen molar-refractivity contribution in [3.63, 3.8) is 0 Å². The molecule has 1 aromatic heterocycles. The normalized spacial score (nSPS) is 11.1. The van der Waals surface area contributed by atoms with Gasteiger partial charge in [-0.25, -0.2) is 4.79 Å². The van der Waals surface area contributed by atoms with Gasteiger partial charge < -0.3 is 14.7 Å². The van der Waals surface area contributed by atoms with Crippen molar-refractivity contribution >= 4 is 11.0 Å². The van der Waals surface area contributed by atoms with Crippen LogP contribution < -0.4 is 10.4 Å². The molecule has 0 aliphatic heterocycles. The minimum atomic E-state index is -2.86. The number of halogens is 2. The van der Waals surface area contributed by atoms with E-state index in [1.54, 1.807) is 0 Å². The first-order valence-electron chi connectivity index (χ1n) is 3.82. The Morgan fingerprint density at radius 2 is 1.93 bits per heavy atom. The van der Waals surface area contributed by atoms with Crippen LogP contribution in [0.5, 0.6) is 5.75 Å². The van der Waals surface area contributed by atoms with Gasteiger partial charge in [0.05, 0.1) is 11.0 Å². The molecule has 74 valence electrons. The molecule has 0 saturated heterocycles. The molecule has 6 heteroatoms. The van der Waals surface area contributed by atoms with Crippen molar-refractivity contribution in [2.24, 2.45) is 0 Å². The maximum atomic E-state index is 11.8. The molecule has 0 radical (unpaired) electrons. The molecule has 2 N–H and O–H groups in total. The Kier molecular flexibility index (Phi) is 1.95. The predicted octanol–water partition coefficient (Wildman–Crippen LogP) is 1.46. The molecule has 0 atom stereocenters. The predicted molar refractivity (Wildman–Crippen MR) is 45.6 cm³/mol. The minimum absolute atomic E-state index is 0.0164. The van der Waals surface area contributed by atoms with Gasteiger partial charge in [0, 0.05) is 6.07 Å². The summed E-state index contributed by atoms with van der Waals surface area (Å²) in [5.74, 6) is 0.0164. The van der Waals surface area contributed by atoms with E-state index >= 15 is 0 Å². The summed E-state index contributed by atoms with van der Waals surface area (Å²) >= 11 is 0. The van der Waals surface area contributed by atoms with E-state index in [-0.39, 0.29) is 11.4 Å². The highest BCUT2D eigenvalue weighted by molar-refractivity contribution is 5.75. The fraction of sp³-hybridized carbons (Fsp3) is 0.125. The van der Waals surface area contributed by atoms with Gasteiger partial charge in [-0.1, -0.05) is 0 Å². The monoisotopic (exact) mass is 200 g/mol. The molecule has 0 amide bonds. The fourth-order valence-electron chi connectivity index (χ4n) is 1.19. The number of H-pyrrole nitrogens is 2. The van der Waals surface area contributed by atoms with Crippen molar-refractivity contribution in [2.75, 3.05) is 0 Å². The largest absolute Gasteiger partial charge is 0.435 e. The first-order chi connectivity index (χ1) is 6.65. The first-order valence-corrected chi connectivity index (χ1v) is 3.82. The third-order valence-electron chi connectivity index (χ3n) is 1.71. The van der Waals surface area contributed by atoms with E-state index in [0.717, 1.165) is 0 Å². The Morgan fingerprint density at radius 1 is 1.21 bits per heavy atom. The molecule has 0 saturated carbocycles. The number of alkyl halides is 2. The molecule has 1 heterocycles. The number of aromatic nitrogens is 2. The van der Waals surface area contributed by atoms with Gasteiger partial charge >= 0.3 is 12.3 Å². The SMILES string of the molecule is O=c1[nH]c2ccc(OC(F)F)cc2[nH]1. The highest BCUT2D eigenvalue weighted by Crippen LogP contribution is 2.18. The first kappa shape index (κ1) is 8.74. The van der Waals surface area contributed by atoms with Crippen molar-refractivity contribution < 1.29 is 13.5 Å². The Balaban J connectivity index is 2.45. The van der Waals surface area contributed by atoms with E-state index in [0.29, 0.717) is 11.0 Å². The number of rotatable bonds is 2. The van der Waals surface area contributed by atoms with Crippen LogP contribution in [-0.2, 0) is 0 Å². The maximum Gasteiger partial charge on any atom is 0.387 e. The molecular weight excluding hydrogens is 194 g/mol. The number of aromatic amines is 2. The summed E-state index contributed by atoms with van der Waals surface area (Å²) in [5.41, 5.74) is 0.610. The molecule has 4 nitrogen and oxygen atoms in total. The average molecular weight is 200 g/mol. The summed E-state index contributed by atoms with van der Waals surface area (Å²) in [7, 11) is 0. The average Bonchev–Trinajstić information content (AvgIpc) is 2.42. The molecule has 0 unspecified atom stereocenters. The summed E-state index contributed by atoms with van der Waals surface area (Å²) in [6.45, 7) is -2.86. The number of nitrogens with one attached hydrogen (secondary N) is 2. The van der Waals surface area contributed by atoms with Crippen LogP contribution in [-0.4, -0.2) is 16.6 Å². The van der Waals surface area contributed by atoms with Crippen LogP contribution in [0.25, 0.3) is 11.0 Å². The summed E-state index contributed by atoms with van der Waals surface area (Å²) in [6.07, 6.45) is 0. The summed E-state index contributed by atoms with van der Waals surface area (Å²) in [5, 5.41) is 0. The third-order valence-corrected chi connectivity index (χ3v) is 1.71. The topological polar surface area (TPSA) is 57.9 Å². The molecule has 0 aliphatic carbocycles. The van der Waals surface area contributed by atoms with Crippen molar-refractivity contribution in [1.29, 1.82) is 0 Å². The van der Waals surface area contributed by atoms with Crippen molar-refractivity contribution in [1.82, 2.24) is 9.97 Å². The maximum absolute atomic E-state index is 11.8. The number of imidazole rings is 1. The number of fused-ring (bicyclic) bond motifs is 1. The van der Waals surface area contributed by atoms with Crippen LogP contribution in [0.2, 0.25) is 0 Å². The van der Waals surface area contributed by atoms with Crippen LogP contribution in [0, 0.1) is 0 Å². The van der Waals surface area contributed by atoms with E-state index in [4.69, 9.17) is 0 Å². The lowest BCUT2D eigenvalue weighted by molar-refractivity contribution is -0.0497. The van der Waals surface area contributed by atoms with Gasteiger partial charge in [0.15, 0.2) is 0 Å². The van der Waals surface area contributed by atoms with Crippen LogP contribution in [0.3, 0.4) is 0 Å². The summed E-state index contributed by atoms with van der Waals surface area (Å²) < 4.78 is 27.8. The van der Waals surface area contributed by atoms with E-state index in [1.807, 2.05) is 0 Å². The smallest absolute Gasteiger partial charge is 0.387 e. The van der Waals surface area contributed by atoms with Crippen molar-refractivity contribution in [2.45, 2.75) is 6.61 Å². The number of ether oxygens (including phenoxy) is 1.